The Morgan fingerprint density at radius 2 is 1.60 bits per heavy atom. The predicted octanol–water partition coefficient (Wildman–Crippen LogP) is 5.18. The molecule has 9 heteroatoms. The van der Waals surface area contributed by atoms with E-state index in [9.17, 15) is 28.3 Å². The lowest BCUT2D eigenvalue weighted by molar-refractivity contribution is -0.161. The molecule has 2 heterocycles. The summed E-state index contributed by atoms with van der Waals surface area (Å²) < 4.78 is 29.5. The first-order chi connectivity index (χ1) is 20.5. The number of hydrogen-bond donors (Lipinski definition) is 1. The van der Waals surface area contributed by atoms with Crippen LogP contribution in [0, 0.1) is 5.41 Å². The number of carbonyl (C=O) groups excluding carboxylic acids is 2. The molecule has 2 aromatic carbocycles. The Labute approximate surface area is 250 Å². The van der Waals surface area contributed by atoms with Gasteiger partial charge in [0.1, 0.15) is 0 Å². The van der Waals surface area contributed by atoms with Crippen molar-refractivity contribution in [2.75, 3.05) is 27.2 Å². The van der Waals surface area contributed by atoms with E-state index in [0.29, 0.717) is 29.5 Å². The smallest absolute Gasteiger partial charge is 0.255 e. The molecule has 7 nitrogen and oxygen atoms in total. The Kier molecular flexibility index (Phi) is 8.83. The molecule has 1 saturated heterocycles. The fourth-order valence-corrected chi connectivity index (χ4v) is 6.93. The number of piperidine rings is 1. The molecule has 2 fully saturated rings. The second-order valence-corrected chi connectivity index (χ2v) is 12.3. The Bertz CT molecular complexity index is 1500. The predicted molar refractivity (Wildman–Crippen MR) is 161 cm³/mol. The average Bonchev–Trinajstić information content (AvgIpc) is 3.48. The molecule has 228 valence electrons. The van der Waals surface area contributed by atoms with E-state index in [1.807, 2.05) is 30.3 Å². The van der Waals surface area contributed by atoms with Crippen molar-refractivity contribution >= 4 is 11.8 Å². The minimum Gasteiger partial charge on any atom is -0.387 e. The van der Waals surface area contributed by atoms with Crippen molar-refractivity contribution in [2.24, 2.45) is 5.41 Å². The molecular formula is C34H39F2N3O4. The van der Waals surface area contributed by atoms with Crippen molar-refractivity contribution in [3.63, 3.8) is 0 Å². The van der Waals surface area contributed by atoms with E-state index in [2.05, 4.69) is 0 Å². The van der Waals surface area contributed by atoms with Crippen LogP contribution >= 0.6 is 0 Å². The van der Waals surface area contributed by atoms with Crippen molar-refractivity contribution in [3.8, 4) is 11.1 Å². The minimum absolute atomic E-state index is 0.0275. The number of pyridine rings is 1. The van der Waals surface area contributed by atoms with E-state index in [0.717, 1.165) is 18.4 Å². The lowest BCUT2D eigenvalue weighted by Gasteiger charge is -2.52. The van der Waals surface area contributed by atoms with E-state index in [4.69, 9.17) is 0 Å². The normalized spacial score (nSPS) is 20.4. The molecule has 0 bridgehead atoms. The number of aliphatic hydroxyl groups is 1. The number of nitrogens with zero attached hydrogens (tertiary/aromatic N) is 3. The highest BCUT2D eigenvalue weighted by Gasteiger charge is 2.55. The SMILES string of the molecule is CN(C)C(=O)c1cn(CC2(O)CCN(C(=O)C[C@H](c3ccccc3)C(F)F)CC23CCCC3)c(=O)cc1-c1ccccc1. The van der Waals surface area contributed by atoms with Crippen molar-refractivity contribution < 1.29 is 23.5 Å². The Hall–Kier alpha value is -3.85. The third-order valence-corrected chi connectivity index (χ3v) is 9.40. The van der Waals surface area contributed by atoms with Crippen LogP contribution in [0.5, 0.6) is 0 Å². The fraction of sp³-hybridized carbons (Fsp3) is 0.441. The maximum atomic E-state index is 14.0. The van der Waals surface area contributed by atoms with Gasteiger partial charge in [0.25, 0.3) is 11.5 Å². The van der Waals surface area contributed by atoms with Gasteiger partial charge in [-0.1, -0.05) is 73.5 Å². The number of benzene rings is 2. The van der Waals surface area contributed by atoms with Gasteiger partial charge in [-0.05, 0) is 30.4 Å². The van der Waals surface area contributed by atoms with Crippen LogP contribution in [0.1, 0.15) is 60.4 Å². The van der Waals surface area contributed by atoms with Crippen molar-refractivity contribution in [3.05, 3.63) is 94.4 Å². The number of hydrogen-bond acceptors (Lipinski definition) is 4. The number of rotatable bonds is 8. The molecule has 1 spiro atoms. The number of carbonyl (C=O) groups is 2. The zero-order valence-electron chi connectivity index (χ0n) is 24.7. The Morgan fingerprint density at radius 3 is 2.21 bits per heavy atom. The molecule has 2 aliphatic rings. The number of alkyl halides is 2. The second kappa shape index (κ2) is 12.4. The zero-order chi connectivity index (χ0) is 30.8. The molecule has 43 heavy (non-hydrogen) atoms. The third kappa shape index (κ3) is 6.13. The van der Waals surface area contributed by atoms with Crippen molar-refractivity contribution in [1.29, 1.82) is 0 Å². The van der Waals surface area contributed by atoms with Gasteiger partial charge in [0, 0.05) is 56.8 Å². The first-order valence-corrected chi connectivity index (χ1v) is 14.9. The topological polar surface area (TPSA) is 82.8 Å². The van der Waals surface area contributed by atoms with E-state index in [1.165, 1.54) is 21.7 Å². The van der Waals surface area contributed by atoms with Crippen LogP contribution in [0.3, 0.4) is 0 Å². The number of amides is 2. The van der Waals surface area contributed by atoms with E-state index in [-0.39, 0.29) is 49.8 Å². The molecule has 2 atom stereocenters. The highest BCUT2D eigenvalue weighted by Crippen LogP contribution is 2.52. The first-order valence-electron chi connectivity index (χ1n) is 14.9. The monoisotopic (exact) mass is 591 g/mol. The highest BCUT2D eigenvalue weighted by molar-refractivity contribution is 6.00. The van der Waals surface area contributed by atoms with Crippen LogP contribution in [0.25, 0.3) is 11.1 Å². The summed E-state index contributed by atoms with van der Waals surface area (Å²) in [4.78, 5) is 43.2. The number of likely N-dealkylation sites (tertiary alicyclic amines) is 1. The Balaban J connectivity index is 1.43. The third-order valence-electron chi connectivity index (χ3n) is 9.40. The van der Waals surface area contributed by atoms with Crippen LogP contribution in [-0.4, -0.2) is 70.5 Å². The van der Waals surface area contributed by atoms with Gasteiger partial charge in [-0.25, -0.2) is 8.78 Å². The largest absolute Gasteiger partial charge is 0.387 e. The molecule has 1 aliphatic heterocycles. The molecule has 1 N–H and O–H groups in total. The quantitative estimate of drug-likeness (QED) is 0.392. The van der Waals surface area contributed by atoms with E-state index >= 15 is 0 Å². The summed E-state index contributed by atoms with van der Waals surface area (Å²) in [6.07, 6.45) is 1.78. The van der Waals surface area contributed by atoms with Gasteiger partial charge in [0.05, 0.1) is 23.6 Å². The molecule has 3 aromatic rings. The number of halogens is 2. The van der Waals surface area contributed by atoms with Crippen molar-refractivity contribution in [2.45, 2.75) is 63.0 Å². The molecule has 1 unspecified atom stereocenters. The van der Waals surface area contributed by atoms with Crippen molar-refractivity contribution in [1.82, 2.24) is 14.4 Å². The van der Waals surface area contributed by atoms with Crippen LogP contribution in [0.4, 0.5) is 8.78 Å². The maximum Gasteiger partial charge on any atom is 0.255 e. The van der Waals surface area contributed by atoms with Gasteiger partial charge < -0.3 is 19.5 Å². The first kappa shape index (κ1) is 30.6. The van der Waals surface area contributed by atoms with Gasteiger partial charge in [-0.2, -0.15) is 0 Å². The highest BCUT2D eigenvalue weighted by atomic mass is 19.3. The average molecular weight is 592 g/mol. The molecule has 1 aromatic heterocycles. The zero-order valence-corrected chi connectivity index (χ0v) is 24.7. The fourth-order valence-electron chi connectivity index (χ4n) is 6.93. The number of aromatic nitrogens is 1. The lowest BCUT2D eigenvalue weighted by atomic mass is 9.65. The summed E-state index contributed by atoms with van der Waals surface area (Å²) >= 11 is 0. The second-order valence-electron chi connectivity index (χ2n) is 12.3. The molecule has 1 saturated carbocycles. The minimum atomic E-state index is -2.68. The summed E-state index contributed by atoms with van der Waals surface area (Å²) in [5.41, 5.74) is -0.294. The summed E-state index contributed by atoms with van der Waals surface area (Å²) in [6.45, 7) is 0.413. The van der Waals surface area contributed by atoms with Gasteiger partial charge in [-0.15, -0.1) is 0 Å². The van der Waals surface area contributed by atoms with Gasteiger partial charge in [-0.3, -0.25) is 14.4 Å². The van der Waals surface area contributed by atoms with Gasteiger partial charge in [0.2, 0.25) is 12.3 Å². The molecule has 2 amide bonds. The summed E-state index contributed by atoms with van der Waals surface area (Å²) in [5, 5.41) is 12.3. The lowest BCUT2D eigenvalue weighted by Crippen LogP contribution is -2.62. The molecule has 1 aliphatic carbocycles. The summed E-state index contributed by atoms with van der Waals surface area (Å²) in [7, 11) is 3.30. The van der Waals surface area contributed by atoms with Gasteiger partial charge in [0.15, 0.2) is 0 Å². The van der Waals surface area contributed by atoms with Crippen LogP contribution in [0.2, 0.25) is 0 Å². The Morgan fingerprint density at radius 1 is 0.977 bits per heavy atom. The van der Waals surface area contributed by atoms with E-state index in [1.54, 1.807) is 49.3 Å². The maximum absolute atomic E-state index is 14.0. The van der Waals surface area contributed by atoms with Crippen LogP contribution in [-0.2, 0) is 11.3 Å². The molecular weight excluding hydrogens is 552 g/mol. The molecule has 5 rings (SSSR count). The van der Waals surface area contributed by atoms with Gasteiger partial charge >= 0.3 is 0 Å². The van der Waals surface area contributed by atoms with Crippen LogP contribution < -0.4 is 5.56 Å². The summed E-state index contributed by atoms with van der Waals surface area (Å²) in [5.74, 6) is -1.82. The van der Waals surface area contributed by atoms with E-state index < -0.39 is 23.4 Å². The standard InChI is InChI=1S/C34H39F2N3O4/c1-37(2)32(42)28-21-39(30(41)19-26(28)24-11-5-3-6-12-24)23-34(43)17-18-38(22-33(34)15-9-10-16-33)29(40)20-27(31(35)36)25-13-7-4-8-14-25/h3-8,11-14,19,21,27,31,43H,9-10,15-18,20,22-23H2,1-2H3/t27-,34?/m1/s1. The molecule has 0 radical (unpaired) electrons. The van der Waals surface area contributed by atoms with Crippen LogP contribution in [0.15, 0.2) is 77.7 Å². The summed E-state index contributed by atoms with van der Waals surface area (Å²) in [6, 6.07) is 19.1.